The highest BCUT2D eigenvalue weighted by atomic mass is 35.5. The Balaban J connectivity index is 1.65. The lowest BCUT2D eigenvalue weighted by atomic mass is 10.2. The molecule has 0 aliphatic rings. The van der Waals surface area contributed by atoms with Gasteiger partial charge in [0.15, 0.2) is 0 Å². The van der Waals surface area contributed by atoms with Crippen LogP contribution >= 0.6 is 23.2 Å². The fourth-order valence-corrected chi connectivity index (χ4v) is 2.61. The standard InChI is InChI=1S/C17H15Cl2N3O/c1-22(10-12-3-2-4-15(19)9-12)11-16-20-17(21-23-16)13-5-7-14(18)8-6-13/h2-9H,10-11H2,1H3. The smallest absolute Gasteiger partial charge is 0.241 e. The van der Waals surface area contributed by atoms with Crippen molar-refractivity contribution < 1.29 is 4.52 Å². The molecule has 3 rings (SSSR count). The van der Waals surface area contributed by atoms with Crippen molar-refractivity contribution in [1.29, 1.82) is 0 Å². The SMILES string of the molecule is CN(Cc1cccc(Cl)c1)Cc1nc(-c2ccc(Cl)cc2)no1. The molecule has 1 heterocycles. The van der Waals surface area contributed by atoms with Crippen LogP contribution in [-0.2, 0) is 13.1 Å². The van der Waals surface area contributed by atoms with Crippen molar-refractivity contribution in [3.05, 3.63) is 70.0 Å². The minimum atomic E-state index is 0.563. The summed E-state index contributed by atoms with van der Waals surface area (Å²) in [6, 6.07) is 15.1. The van der Waals surface area contributed by atoms with Crippen LogP contribution in [0, 0.1) is 0 Å². The Bertz CT molecular complexity index is 787. The Kier molecular flexibility index (Phi) is 4.96. The van der Waals surface area contributed by atoms with Crippen molar-refractivity contribution in [1.82, 2.24) is 15.0 Å². The highest BCUT2D eigenvalue weighted by molar-refractivity contribution is 6.30. The second-order valence-corrected chi connectivity index (χ2v) is 6.19. The molecule has 0 bridgehead atoms. The molecule has 3 aromatic rings. The summed E-state index contributed by atoms with van der Waals surface area (Å²) in [5.41, 5.74) is 2.01. The molecule has 0 fully saturated rings. The maximum absolute atomic E-state index is 6.00. The van der Waals surface area contributed by atoms with Gasteiger partial charge in [0.25, 0.3) is 0 Å². The van der Waals surface area contributed by atoms with Gasteiger partial charge in [-0.3, -0.25) is 4.90 Å². The van der Waals surface area contributed by atoms with Crippen molar-refractivity contribution in [2.24, 2.45) is 0 Å². The molecule has 0 amide bonds. The summed E-state index contributed by atoms with van der Waals surface area (Å²) in [7, 11) is 1.99. The van der Waals surface area contributed by atoms with E-state index < -0.39 is 0 Å². The third-order valence-corrected chi connectivity index (χ3v) is 3.80. The van der Waals surface area contributed by atoms with Crippen LogP contribution in [0.25, 0.3) is 11.4 Å². The molecule has 118 valence electrons. The van der Waals surface area contributed by atoms with Gasteiger partial charge in [0.05, 0.1) is 6.54 Å². The third-order valence-electron chi connectivity index (χ3n) is 3.32. The largest absolute Gasteiger partial charge is 0.338 e. The van der Waals surface area contributed by atoms with Crippen LogP contribution in [-0.4, -0.2) is 22.1 Å². The Hall–Kier alpha value is -1.88. The molecule has 0 aliphatic carbocycles. The summed E-state index contributed by atoms with van der Waals surface area (Å²) in [6.07, 6.45) is 0. The summed E-state index contributed by atoms with van der Waals surface area (Å²) in [5, 5.41) is 5.43. The van der Waals surface area contributed by atoms with Gasteiger partial charge in [-0.05, 0) is 49.0 Å². The number of nitrogens with zero attached hydrogens (tertiary/aromatic N) is 3. The molecule has 0 unspecified atom stereocenters. The van der Waals surface area contributed by atoms with Gasteiger partial charge in [-0.15, -0.1) is 0 Å². The molecular formula is C17H15Cl2N3O. The molecule has 0 saturated carbocycles. The van der Waals surface area contributed by atoms with Crippen LogP contribution in [0.1, 0.15) is 11.5 Å². The Labute approximate surface area is 144 Å². The number of halogens is 2. The van der Waals surface area contributed by atoms with Gasteiger partial charge >= 0.3 is 0 Å². The molecule has 1 aromatic heterocycles. The fourth-order valence-electron chi connectivity index (χ4n) is 2.27. The number of hydrogen-bond donors (Lipinski definition) is 0. The molecule has 2 aromatic carbocycles. The van der Waals surface area contributed by atoms with Gasteiger partial charge in [-0.1, -0.05) is 40.5 Å². The first kappa shape index (κ1) is 16.0. The van der Waals surface area contributed by atoms with E-state index in [-0.39, 0.29) is 0 Å². The Morgan fingerprint density at radius 3 is 2.52 bits per heavy atom. The van der Waals surface area contributed by atoms with Gasteiger partial charge in [0.1, 0.15) is 0 Å². The van der Waals surface area contributed by atoms with E-state index in [4.69, 9.17) is 27.7 Å². The maximum Gasteiger partial charge on any atom is 0.241 e. The van der Waals surface area contributed by atoms with E-state index in [2.05, 4.69) is 15.0 Å². The molecule has 23 heavy (non-hydrogen) atoms. The van der Waals surface area contributed by atoms with E-state index in [0.29, 0.717) is 23.3 Å². The van der Waals surface area contributed by atoms with Gasteiger partial charge in [0.2, 0.25) is 11.7 Å². The minimum absolute atomic E-state index is 0.563. The lowest BCUT2D eigenvalue weighted by molar-refractivity contribution is 0.261. The molecule has 6 heteroatoms. The van der Waals surface area contributed by atoms with Gasteiger partial charge in [0, 0.05) is 22.2 Å². The highest BCUT2D eigenvalue weighted by Crippen LogP contribution is 2.19. The molecule has 0 saturated heterocycles. The van der Waals surface area contributed by atoms with Crippen LogP contribution in [0.5, 0.6) is 0 Å². The normalized spacial score (nSPS) is 11.1. The first-order valence-corrected chi connectivity index (χ1v) is 7.87. The van der Waals surface area contributed by atoms with Crippen LogP contribution in [0.2, 0.25) is 10.0 Å². The van der Waals surface area contributed by atoms with Crippen LogP contribution in [0.15, 0.2) is 53.1 Å². The maximum atomic E-state index is 6.00. The summed E-state index contributed by atoms with van der Waals surface area (Å²) >= 11 is 11.9. The summed E-state index contributed by atoms with van der Waals surface area (Å²) in [5.74, 6) is 1.13. The first-order valence-electron chi connectivity index (χ1n) is 7.11. The molecule has 0 spiro atoms. The molecule has 4 nitrogen and oxygen atoms in total. The van der Waals surface area contributed by atoms with Crippen LogP contribution in [0.4, 0.5) is 0 Å². The van der Waals surface area contributed by atoms with Crippen molar-refractivity contribution in [2.75, 3.05) is 7.05 Å². The summed E-state index contributed by atoms with van der Waals surface area (Å²) in [4.78, 5) is 6.51. The summed E-state index contributed by atoms with van der Waals surface area (Å²) in [6.45, 7) is 1.31. The average Bonchev–Trinajstić information content (AvgIpc) is 2.96. The third kappa shape index (κ3) is 4.32. The van der Waals surface area contributed by atoms with Gasteiger partial charge in [-0.2, -0.15) is 4.98 Å². The number of benzene rings is 2. The van der Waals surface area contributed by atoms with Gasteiger partial charge < -0.3 is 4.52 Å². The van der Waals surface area contributed by atoms with Crippen molar-refractivity contribution >= 4 is 23.2 Å². The zero-order chi connectivity index (χ0) is 16.2. The van der Waals surface area contributed by atoms with E-state index in [9.17, 15) is 0 Å². The minimum Gasteiger partial charge on any atom is -0.338 e. The fraction of sp³-hybridized carbons (Fsp3) is 0.176. The molecule has 0 radical (unpaired) electrons. The van der Waals surface area contributed by atoms with Crippen LogP contribution < -0.4 is 0 Å². The molecular weight excluding hydrogens is 333 g/mol. The lowest BCUT2D eigenvalue weighted by Gasteiger charge is -2.14. The quantitative estimate of drug-likeness (QED) is 0.672. The van der Waals surface area contributed by atoms with Crippen molar-refractivity contribution in [3.63, 3.8) is 0 Å². The molecule has 0 atom stereocenters. The summed E-state index contributed by atoms with van der Waals surface area (Å²) < 4.78 is 5.32. The van der Waals surface area contributed by atoms with E-state index in [1.807, 2.05) is 43.4 Å². The van der Waals surface area contributed by atoms with E-state index in [1.54, 1.807) is 12.1 Å². The Morgan fingerprint density at radius 2 is 1.78 bits per heavy atom. The van der Waals surface area contributed by atoms with Crippen molar-refractivity contribution in [3.8, 4) is 11.4 Å². The number of aromatic nitrogens is 2. The predicted octanol–water partition coefficient (Wildman–Crippen LogP) is 4.68. The van der Waals surface area contributed by atoms with E-state index in [0.717, 1.165) is 22.7 Å². The van der Waals surface area contributed by atoms with Crippen LogP contribution in [0.3, 0.4) is 0 Å². The highest BCUT2D eigenvalue weighted by Gasteiger charge is 2.11. The average molecular weight is 348 g/mol. The molecule has 0 N–H and O–H groups in total. The van der Waals surface area contributed by atoms with Gasteiger partial charge in [-0.25, -0.2) is 0 Å². The predicted molar refractivity (Wildman–Crippen MR) is 91.4 cm³/mol. The number of rotatable bonds is 5. The zero-order valence-corrected chi connectivity index (χ0v) is 14.1. The van der Waals surface area contributed by atoms with E-state index in [1.165, 1.54) is 0 Å². The van der Waals surface area contributed by atoms with E-state index >= 15 is 0 Å². The first-order chi connectivity index (χ1) is 11.1. The lowest BCUT2D eigenvalue weighted by Crippen LogP contribution is -2.17. The molecule has 0 aliphatic heterocycles. The number of hydrogen-bond acceptors (Lipinski definition) is 4. The zero-order valence-electron chi connectivity index (χ0n) is 12.5. The second-order valence-electron chi connectivity index (χ2n) is 5.32. The second kappa shape index (κ2) is 7.13. The Morgan fingerprint density at radius 1 is 1.00 bits per heavy atom. The monoisotopic (exact) mass is 347 g/mol. The van der Waals surface area contributed by atoms with Crippen molar-refractivity contribution in [2.45, 2.75) is 13.1 Å². The topological polar surface area (TPSA) is 42.2 Å².